The Labute approximate surface area is 78.2 Å². The molecule has 3 nitrogen and oxygen atoms in total. The molecule has 0 fully saturated rings. The van der Waals surface area contributed by atoms with Crippen LogP contribution >= 0.6 is 0 Å². The van der Waals surface area contributed by atoms with Gasteiger partial charge in [0.05, 0.1) is 20.8 Å². The van der Waals surface area contributed by atoms with Gasteiger partial charge in [0, 0.05) is 18.7 Å². The lowest BCUT2D eigenvalue weighted by atomic mass is 10.2. The molecule has 1 aromatic carbocycles. The van der Waals surface area contributed by atoms with Gasteiger partial charge in [-0.1, -0.05) is 0 Å². The van der Waals surface area contributed by atoms with Crippen molar-refractivity contribution in [3.05, 3.63) is 23.8 Å². The van der Waals surface area contributed by atoms with Crippen LogP contribution in [0.2, 0.25) is 0 Å². The summed E-state index contributed by atoms with van der Waals surface area (Å²) in [6.07, 6.45) is 0. The average Bonchev–Trinajstić information content (AvgIpc) is 2.18. The third kappa shape index (κ3) is 2.36. The predicted molar refractivity (Wildman–Crippen MR) is 49.1 cm³/mol. The Bertz CT molecular complexity index is 271. The van der Waals surface area contributed by atoms with Crippen molar-refractivity contribution in [3.63, 3.8) is 0 Å². The molecule has 0 aliphatic heterocycles. The molecule has 1 rings (SSSR count). The van der Waals surface area contributed by atoms with E-state index in [9.17, 15) is 0 Å². The molecule has 0 unspecified atom stereocenters. The van der Waals surface area contributed by atoms with E-state index in [2.05, 4.69) is 6.07 Å². The van der Waals surface area contributed by atoms with Gasteiger partial charge in [0.1, 0.15) is 11.5 Å². The van der Waals surface area contributed by atoms with Crippen molar-refractivity contribution in [2.45, 2.75) is 6.61 Å². The normalized spacial score (nSPS) is 9.77. The minimum Gasteiger partial charge on any atom is -0.497 e. The summed E-state index contributed by atoms with van der Waals surface area (Å²) in [7, 11) is 4.86. The third-order valence-electron chi connectivity index (χ3n) is 1.69. The molecule has 0 N–H and O–H groups in total. The van der Waals surface area contributed by atoms with Crippen LogP contribution in [0, 0.1) is 6.07 Å². The number of methoxy groups -OCH3 is 3. The van der Waals surface area contributed by atoms with Gasteiger partial charge in [-0.15, -0.1) is 0 Å². The molecule has 1 radical (unpaired) electrons. The molecule has 0 amide bonds. The smallest absolute Gasteiger partial charge is 0.132 e. The van der Waals surface area contributed by atoms with Crippen LogP contribution in [0.1, 0.15) is 5.56 Å². The van der Waals surface area contributed by atoms with Crippen molar-refractivity contribution in [2.75, 3.05) is 21.3 Å². The van der Waals surface area contributed by atoms with Gasteiger partial charge in [-0.2, -0.15) is 0 Å². The van der Waals surface area contributed by atoms with Crippen LogP contribution in [0.25, 0.3) is 0 Å². The fourth-order valence-corrected chi connectivity index (χ4v) is 1.08. The first-order valence-corrected chi connectivity index (χ1v) is 3.93. The molecule has 0 bridgehead atoms. The summed E-state index contributed by atoms with van der Waals surface area (Å²) < 4.78 is 15.2. The molecule has 13 heavy (non-hydrogen) atoms. The van der Waals surface area contributed by atoms with E-state index in [-0.39, 0.29) is 0 Å². The molecule has 0 spiro atoms. The van der Waals surface area contributed by atoms with Crippen molar-refractivity contribution in [3.8, 4) is 11.5 Å². The standard InChI is InChI=1S/C10H13O3/c1-11-7-8-6-9(12-2)4-5-10(8)13-3/h4,6H,7H2,1-3H3. The van der Waals surface area contributed by atoms with Gasteiger partial charge in [-0.05, 0) is 12.1 Å². The Morgan fingerprint density at radius 1 is 1.23 bits per heavy atom. The first kappa shape index (κ1) is 9.86. The number of benzene rings is 1. The third-order valence-corrected chi connectivity index (χ3v) is 1.69. The number of hydrogen-bond donors (Lipinski definition) is 0. The van der Waals surface area contributed by atoms with Crippen LogP contribution in [-0.4, -0.2) is 21.3 Å². The van der Waals surface area contributed by atoms with Gasteiger partial charge in [-0.3, -0.25) is 0 Å². The van der Waals surface area contributed by atoms with Gasteiger partial charge in [-0.25, -0.2) is 0 Å². The van der Waals surface area contributed by atoms with Gasteiger partial charge < -0.3 is 14.2 Å². The summed E-state index contributed by atoms with van der Waals surface area (Å²) in [5.41, 5.74) is 0.935. The second-order valence-corrected chi connectivity index (χ2v) is 2.53. The highest BCUT2D eigenvalue weighted by Gasteiger charge is 2.04. The van der Waals surface area contributed by atoms with Crippen LogP contribution in [0.4, 0.5) is 0 Å². The van der Waals surface area contributed by atoms with Crippen molar-refractivity contribution in [1.29, 1.82) is 0 Å². The largest absolute Gasteiger partial charge is 0.497 e. The van der Waals surface area contributed by atoms with Crippen LogP contribution in [0.15, 0.2) is 12.1 Å². The summed E-state index contributed by atoms with van der Waals surface area (Å²) in [5.74, 6) is 1.45. The molecule has 71 valence electrons. The van der Waals surface area contributed by atoms with E-state index in [1.165, 1.54) is 0 Å². The van der Waals surface area contributed by atoms with Crippen molar-refractivity contribution in [1.82, 2.24) is 0 Å². The van der Waals surface area contributed by atoms with Gasteiger partial charge in [0.25, 0.3) is 0 Å². The van der Waals surface area contributed by atoms with Crippen LogP contribution in [0.5, 0.6) is 11.5 Å². The fourth-order valence-electron chi connectivity index (χ4n) is 1.08. The highest BCUT2D eigenvalue weighted by atomic mass is 16.5. The van der Waals surface area contributed by atoms with Crippen molar-refractivity contribution >= 4 is 0 Å². The second-order valence-electron chi connectivity index (χ2n) is 2.53. The zero-order valence-electron chi connectivity index (χ0n) is 8.09. The number of rotatable bonds is 4. The lowest BCUT2D eigenvalue weighted by Crippen LogP contribution is -1.95. The molecule has 1 aromatic rings. The first-order chi connectivity index (χ1) is 6.31. The maximum atomic E-state index is 5.11. The minimum atomic E-state index is 0.497. The zero-order chi connectivity index (χ0) is 9.68. The van der Waals surface area contributed by atoms with E-state index in [1.54, 1.807) is 27.4 Å². The van der Waals surface area contributed by atoms with Crippen molar-refractivity contribution < 1.29 is 14.2 Å². The van der Waals surface area contributed by atoms with E-state index < -0.39 is 0 Å². The highest BCUT2D eigenvalue weighted by molar-refractivity contribution is 5.38. The van der Waals surface area contributed by atoms with E-state index in [4.69, 9.17) is 14.2 Å². The lowest BCUT2D eigenvalue weighted by molar-refractivity contribution is 0.181. The molecule has 0 atom stereocenters. The molecule has 0 heterocycles. The average molecular weight is 181 g/mol. The highest BCUT2D eigenvalue weighted by Crippen LogP contribution is 2.23. The van der Waals surface area contributed by atoms with Gasteiger partial charge >= 0.3 is 0 Å². The van der Waals surface area contributed by atoms with E-state index >= 15 is 0 Å². The summed E-state index contributed by atoms with van der Waals surface area (Å²) in [6, 6.07) is 6.57. The second kappa shape index (κ2) is 4.72. The summed E-state index contributed by atoms with van der Waals surface area (Å²) in [4.78, 5) is 0. The van der Waals surface area contributed by atoms with Crippen molar-refractivity contribution in [2.24, 2.45) is 0 Å². The maximum Gasteiger partial charge on any atom is 0.132 e. The predicted octanol–water partition coefficient (Wildman–Crippen LogP) is 1.65. The Hall–Kier alpha value is -1.22. The Morgan fingerprint density at radius 2 is 2.00 bits per heavy atom. The maximum absolute atomic E-state index is 5.11. The van der Waals surface area contributed by atoms with E-state index in [0.29, 0.717) is 12.4 Å². The van der Waals surface area contributed by atoms with Gasteiger partial charge in [0.15, 0.2) is 0 Å². The Morgan fingerprint density at radius 3 is 2.54 bits per heavy atom. The van der Waals surface area contributed by atoms with Crippen LogP contribution in [0.3, 0.4) is 0 Å². The summed E-state index contributed by atoms with van der Waals surface area (Å²) in [5, 5.41) is 0. The van der Waals surface area contributed by atoms with Crippen LogP contribution < -0.4 is 9.47 Å². The monoisotopic (exact) mass is 181 g/mol. The quantitative estimate of drug-likeness (QED) is 0.706. The van der Waals surface area contributed by atoms with Gasteiger partial charge in [0.2, 0.25) is 0 Å². The van der Waals surface area contributed by atoms with E-state index in [0.717, 1.165) is 11.3 Å². The molecular weight excluding hydrogens is 168 g/mol. The molecule has 0 aromatic heterocycles. The topological polar surface area (TPSA) is 27.7 Å². The van der Waals surface area contributed by atoms with Crippen LogP contribution in [-0.2, 0) is 11.3 Å². The SMILES string of the molecule is COCc1cc(OC)c[c]c1OC. The lowest BCUT2D eigenvalue weighted by Gasteiger charge is -2.08. The molecule has 0 saturated heterocycles. The van der Waals surface area contributed by atoms with E-state index in [1.807, 2.05) is 6.07 Å². The fraction of sp³-hybridized carbons (Fsp3) is 0.400. The Kier molecular flexibility index (Phi) is 3.58. The Balaban J connectivity index is 2.95. The molecule has 0 aliphatic rings. The number of ether oxygens (including phenoxy) is 3. The summed E-state index contributed by atoms with van der Waals surface area (Å²) in [6.45, 7) is 0.497. The summed E-state index contributed by atoms with van der Waals surface area (Å²) >= 11 is 0. The molecule has 0 saturated carbocycles. The molecular formula is C10H13O3. The minimum absolute atomic E-state index is 0.497. The molecule has 0 aliphatic carbocycles. The molecule has 3 heteroatoms. The first-order valence-electron chi connectivity index (χ1n) is 3.93. The number of hydrogen-bond acceptors (Lipinski definition) is 3. The zero-order valence-corrected chi connectivity index (χ0v) is 8.09.